The van der Waals surface area contributed by atoms with Gasteiger partial charge in [-0.2, -0.15) is 0 Å². The summed E-state index contributed by atoms with van der Waals surface area (Å²) in [6.45, 7) is 6.85. The molecule has 0 aliphatic heterocycles. The molecule has 0 spiro atoms. The Morgan fingerprint density at radius 2 is 0.823 bits per heavy atom. The summed E-state index contributed by atoms with van der Waals surface area (Å²) in [4.78, 5) is 37.7. The van der Waals surface area contributed by atoms with Crippen LogP contribution in [0.2, 0.25) is 0 Å². The van der Waals surface area contributed by atoms with Crippen molar-refractivity contribution in [3.05, 3.63) is 85.1 Å². The molecule has 0 radical (unpaired) electrons. The number of unbranched alkanes of at least 4 members (excludes halogenated alkanes) is 31. The number of nitrogens with one attached hydrogen (secondary N) is 1. The van der Waals surface area contributed by atoms with E-state index >= 15 is 0 Å². The van der Waals surface area contributed by atoms with Crippen molar-refractivity contribution in [3.8, 4) is 0 Å². The van der Waals surface area contributed by atoms with E-state index in [4.69, 9.17) is 13.8 Å². The normalized spacial score (nSPS) is 14.2. The number of nitrogens with zero attached hydrogens (tertiary/aromatic N) is 1. The number of ether oxygens (including phenoxy) is 1. The highest BCUT2D eigenvalue weighted by atomic mass is 31.2. The van der Waals surface area contributed by atoms with E-state index in [2.05, 4.69) is 92.9 Å². The maximum absolute atomic E-state index is 13.5. The standard InChI is InChI=1S/C69H125N2O7P/c1-7-10-13-16-19-22-25-28-30-32-33-34-35-36-37-38-39-40-42-44-47-50-53-56-59-62-69(73)78-67(60-57-54-51-48-45-27-24-21-18-15-12-9-3)66(65-77-79(74,75)76-64-63-71(4,5)6)70-68(72)61-58-55-52-49-46-43-41-31-29-26-23-20-17-14-11-8-2/h11,14,20,23,28-31,43,46,52,55,57,60,66-67H,7-10,12-13,15-19,21-22,24-27,32-42,44-45,47-51,53-54,56,58-59,61-65H2,1-6H3,(H-,70,72,74,75)/p+1/b14-11+,23-20+,30-28+,31-29+,46-43+,55-52+,60-57-. The fourth-order valence-electron chi connectivity index (χ4n) is 9.28. The number of hydrogen-bond donors (Lipinski definition) is 2. The van der Waals surface area contributed by atoms with Crippen LogP contribution in [0.25, 0.3) is 0 Å². The Kier molecular flexibility index (Phi) is 56.3. The van der Waals surface area contributed by atoms with E-state index in [1.54, 1.807) is 0 Å². The van der Waals surface area contributed by atoms with Crippen LogP contribution in [0.1, 0.15) is 290 Å². The number of carbonyl (C=O) groups excluding carboxylic acids is 2. The van der Waals surface area contributed by atoms with E-state index in [-0.39, 0.29) is 37.9 Å². The lowest BCUT2D eigenvalue weighted by molar-refractivity contribution is -0.870. The van der Waals surface area contributed by atoms with Gasteiger partial charge in [-0.15, -0.1) is 0 Å². The number of quaternary nitrogens is 1. The lowest BCUT2D eigenvalue weighted by Crippen LogP contribution is -2.47. The average molecular weight is 1130 g/mol. The van der Waals surface area contributed by atoms with E-state index in [1.807, 2.05) is 39.4 Å². The second-order valence-electron chi connectivity index (χ2n) is 23.3. The molecule has 0 aromatic heterocycles. The molecule has 0 fully saturated rings. The van der Waals surface area contributed by atoms with Crippen molar-refractivity contribution in [1.82, 2.24) is 5.32 Å². The number of carbonyl (C=O) groups is 2. The van der Waals surface area contributed by atoms with E-state index in [1.165, 1.54) is 180 Å². The molecular formula is C69H126N2O7P+. The monoisotopic (exact) mass is 1130 g/mol. The molecule has 0 saturated heterocycles. The van der Waals surface area contributed by atoms with Crippen LogP contribution in [-0.4, -0.2) is 74.3 Å². The first-order valence-corrected chi connectivity index (χ1v) is 34.4. The minimum atomic E-state index is -4.47. The number of allylic oxidation sites excluding steroid dienone is 13. The van der Waals surface area contributed by atoms with E-state index < -0.39 is 20.0 Å². The van der Waals surface area contributed by atoms with Gasteiger partial charge in [-0.25, -0.2) is 4.57 Å². The fourth-order valence-corrected chi connectivity index (χ4v) is 10.0. The molecule has 3 unspecified atom stereocenters. The summed E-state index contributed by atoms with van der Waals surface area (Å²) in [6, 6.07) is -0.891. The van der Waals surface area contributed by atoms with Gasteiger partial charge in [0.25, 0.3) is 0 Å². The number of phosphoric ester groups is 1. The summed E-state index contributed by atoms with van der Waals surface area (Å²) < 4.78 is 30.7. The van der Waals surface area contributed by atoms with Crippen molar-refractivity contribution in [2.75, 3.05) is 40.9 Å². The maximum Gasteiger partial charge on any atom is 0.472 e. The fraction of sp³-hybridized carbons (Fsp3) is 0.768. The molecule has 0 aliphatic carbocycles. The van der Waals surface area contributed by atoms with Crippen LogP contribution in [0.5, 0.6) is 0 Å². The van der Waals surface area contributed by atoms with Crippen LogP contribution in [-0.2, 0) is 27.9 Å². The first-order chi connectivity index (χ1) is 38.4. The van der Waals surface area contributed by atoms with Crippen LogP contribution >= 0.6 is 7.82 Å². The van der Waals surface area contributed by atoms with Gasteiger partial charge in [-0.3, -0.25) is 18.6 Å². The summed E-state index contributed by atoms with van der Waals surface area (Å²) in [5.41, 5.74) is 0. The lowest BCUT2D eigenvalue weighted by atomic mass is 10.0. The van der Waals surface area contributed by atoms with Gasteiger partial charge < -0.3 is 19.4 Å². The van der Waals surface area contributed by atoms with E-state index in [0.717, 1.165) is 70.6 Å². The molecule has 3 atom stereocenters. The zero-order valence-corrected chi connectivity index (χ0v) is 53.2. The number of hydrogen-bond acceptors (Lipinski definition) is 6. The smallest absolute Gasteiger partial charge is 0.456 e. The zero-order chi connectivity index (χ0) is 57.9. The molecule has 0 aliphatic rings. The number of likely N-dealkylation sites (N-methyl/N-ethyl adjacent to an activating group) is 1. The predicted molar refractivity (Wildman–Crippen MR) is 341 cm³/mol. The quantitative estimate of drug-likeness (QED) is 0.0205. The van der Waals surface area contributed by atoms with Crippen LogP contribution in [0.15, 0.2) is 85.1 Å². The van der Waals surface area contributed by atoms with Crippen LogP contribution in [0.3, 0.4) is 0 Å². The van der Waals surface area contributed by atoms with Crippen molar-refractivity contribution in [2.45, 2.75) is 303 Å². The molecule has 0 saturated carbocycles. The molecule has 458 valence electrons. The zero-order valence-electron chi connectivity index (χ0n) is 52.3. The molecule has 2 N–H and O–H groups in total. The molecule has 0 aromatic carbocycles. The largest absolute Gasteiger partial charge is 0.472 e. The molecule has 10 heteroatoms. The predicted octanol–water partition coefficient (Wildman–Crippen LogP) is 20.6. The topological polar surface area (TPSA) is 111 Å². The molecule has 1 amide bonds. The Labute approximate surface area is 488 Å². The van der Waals surface area contributed by atoms with E-state index in [0.29, 0.717) is 17.4 Å². The molecule has 79 heavy (non-hydrogen) atoms. The molecular weight excluding hydrogens is 1000 g/mol. The number of esters is 1. The second kappa shape index (κ2) is 58.4. The van der Waals surface area contributed by atoms with Crippen molar-refractivity contribution >= 4 is 19.7 Å². The second-order valence-corrected chi connectivity index (χ2v) is 24.7. The number of rotatable bonds is 59. The number of amides is 1. The Bertz CT molecular complexity index is 1630. The van der Waals surface area contributed by atoms with Crippen molar-refractivity contribution in [2.24, 2.45) is 0 Å². The van der Waals surface area contributed by atoms with Crippen LogP contribution in [0, 0.1) is 0 Å². The number of phosphoric acid groups is 1. The van der Waals surface area contributed by atoms with Gasteiger partial charge in [-0.1, -0.05) is 273 Å². The summed E-state index contributed by atoms with van der Waals surface area (Å²) in [6.07, 6.45) is 77.6. The van der Waals surface area contributed by atoms with Crippen molar-refractivity contribution in [1.29, 1.82) is 0 Å². The summed E-state index contributed by atoms with van der Waals surface area (Å²) in [5.74, 6) is -0.597. The highest BCUT2D eigenvalue weighted by molar-refractivity contribution is 7.47. The molecule has 9 nitrogen and oxygen atoms in total. The summed E-state index contributed by atoms with van der Waals surface area (Å²) in [7, 11) is 1.45. The van der Waals surface area contributed by atoms with Gasteiger partial charge in [0.15, 0.2) is 0 Å². The third kappa shape index (κ3) is 59.6. The summed E-state index contributed by atoms with van der Waals surface area (Å²) in [5, 5.41) is 3.01. The molecule has 0 bridgehead atoms. The lowest BCUT2D eigenvalue weighted by Gasteiger charge is -2.27. The van der Waals surface area contributed by atoms with Gasteiger partial charge in [0.1, 0.15) is 19.3 Å². The third-order valence-corrected chi connectivity index (χ3v) is 15.3. The first kappa shape index (κ1) is 76.2. The molecule has 0 heterocycles. The average Bonchev–Trinajstić information content (AvgIpc) is 3.41. The van der Waals surface area contributed by atoms with Crippen molar-refractivity contribution in [3.63, 3.8) is 0 Å². The highest BCUT2D eigenvalue weighted by Gasteiger charge is 2.30. The first-order valence-electron chi connectivity index (χ1n) is 32.9. The Balaban J connectivity index is 5.17. The van der Waals surface area contributed by atoms with Gasteiger partial charge >= 0.3 is 13.8 Å². The summed E-state index contributed by atoms with van der Waals surface area (Å²) >= 11 is 0. The van der Waals surface area contributed by atoms with Gasteiger partial charge in [0.05, 0.1) is 33.8 Å². The van der Waals surface area contributed by atoms with Crippen molar-refractivity contribution < 1.29 is 37.3 Å². The van der Waals surface area contributed by atoms with Gasteiger partial charge in [0.2, 0.25) is 5.91 Å². The Morgan fingerprint density at radius 1 is 0.456 bits per heavy atom. The minimum absolute atomic E-state index is 0.0248. The molecule has 0 rings (SSSR count). The minimum Gasteiger partial charge on any atom is -0.456 e. The van der Waals surface area contributed by atoms with Gasteiger partial charge in [0, 0.05) is 12.8 Å². The highest BCUT2D eigenvalue weighted by Crippen LogP contribution is 2.43. The van der Waals surface area contributed by atoms with Gasteiger partial charge in [-0.05, 0) is 89.5 Å². The van der Waals surface area contributed by atoms with E-state index in [9.17, 15) is 19.0 Å². The van der Waals surface area contributed by atoms with Crippen LogP contribution < -0.4 is 5.32 Å². The maximum atomic E-state index is 13.5. The SMILES string of the molecule is CC/C=C/C/C=C/C/C=C/C/C=C/C/C=C/CCC(=O)NC(COP(=O)(O)OCC[N+](C)(C)C)C(/C=C\CCCCCCCCCCCC)OC(=O)CCCCCCCCCCCCCCCCC/C=C/CCCCCCCC. The van der Waals surface area contributed by atoms with Crippen LogP contribution in [0.4, 0.5) is 0 Å². The Hall–Kier alpha value is -2.81. The molecule has 0 aromatic rings. The third-order valence-electron chi connectivity index (χ3n) is 14.3. The Morgan fingerprint density at radius 3 is 1.24 bits per heavy atom.